The Hall–Kier alpha value is -2.20. The van der Waals surface area contributed by atoms with Crippen molar-refractivity contribution in [3.05, 3.63) is 44.9 Å². The van der Waals surface area contributed by atoms with Gasteiger partial charge in [-0.05, 0) is 31.0 Å². The van der Waals surface area contributed by atoms with Gasteiger partial charge in [-0.15, -0.1) is 11.3 Å². The summed E-state index contributed by atoms with van der Waals surface area (Å²) in [6.07, 6.45) is 2.20. The lowest BCUT2D eigenvalue weighted by Gasteiger charge is -2.22. The van der Waals surface area contributed by atoms with Crippen LogP contribution in [0.1, 0.15) is 28.9 Å². The van der Waals surface area contributed by atoms with Crippen molar-refractivity contribution in [2.45, 2.75) is 25.3 Å². The van der Waals surface area contributed by atoms with Crippen molar-refractivity contribution in [1.29, 1.82) is 0 Å². The second-order valence-electron chi connectivity index (χ2n) is 7.06. The maximum Gasteiger partial charge on any atom is 0.254 e. The Bertz CT molecular complexity index is 964. The van der Waals surface area contributed by atoms with Crippen LogP contribution in [0, 0.1) is 0 Å². The van der Waals surface area contributed by atoms with Crippen molar-refractivity contribution in [1.82, 2.24) is 15.2 Å². The molecule has 0 saturated heterocycles. The molecule has 11 heteroatoms. The number of nitrogens with zero attached hydrogens (tertiary/aromatic N) is 2. The number of halogens is 2. The summed E-state index contributed by atoms with van der Waals surface area (Å²) in [6.45, 7) is 0.283. The molecular formula is C20H22Cl2N4O4S. The van der Waals surface area contributed by atoms with Crippen molar-refractivity contribution in [3.63, 3.8) is 0 Å². The summed E-state index contributed by atoms with van der Waals surface area (Å²) in [5.74, 6) is -0.862. The number of carbonyl (C=O) groups is 3. The normalized spacial score (nSPS) is 13.0. The van der Waals surface area contributed by atoms with Crippen LogP contribution in [0.15, 0.2) is 23.6 Å². The number of aromatic nitrogens is 1. The smallest absolute Gasteiger partial charge is 0.254 e. The first-order valence-electron chi connectivity index (χ1n) is 9.62. The summed E-state index contributed by atoms with van der Waals surface area (Å²) < 4.78 is 5.05. The van der Waals surface area contributed by atoms with Gasteiger partial charge in [0.15, 0.2) is 5.13 Å². The molecule has 0 unspecified atom stereocenters. The Kier molecular flexibility index (Phi) is 8.25. The highest BCUT2D eigenvalue weighted by Gasteiger charge is 2.24. The number of ether oxygens (including phenoxy) is 1. The van der Waals surface area contributed by atoms with E-state index in [4.69, 9.17) is 27.9 Å². The Morgan fingerprint density at radius 3 is 2.68 bits per heavy atom. The van der Waals surface area contributed by atoms with Crippen LogP contribution in [0.2, 0.25) is 10.0 Å². The van der Waals surface area contributed by atoms with Crippen LogP contribution in [0.5, 0.6) is 0 Å². The minimum absolute atomic E-state index is 0.0800. The van der Waals surface area contributed by atoms with Crippen molar-refractivity contribution in [3.8, 4) is 0 Å². The molecule has 0 aliphatic heterocycles. The molecule has 31 heavy (non-hydrogen) atoms. The molecule has 2 N–H and O–H groups in total. The molecule has 0 bridgehead atoms. The molecular weight excluding hydrogens is 463 g/mol. The van der Waals surface area contributed by atoms with E-state index in [-0.39, 0.29) is 49.0 Å². The topological polar surface area (TPSA) is 101 Å². The number of methoxy groups -OCH3 is 1. The zero-order chi connectivity index (χ0) is 22.4. The SMILES string of the molecule is COCCN(CC(=O)Nc1nc(CC(=O)NC2CC2)cs1)C(=O)c1ccc(Cl)c(Cl)c1. The van der Waals surface area contributed by atoms with E-state index < -0.39 is 5.91 Å². The van der Waals surface area contributed by atoms with Crippen LogP contribution < -0.4 is 10.6 Å². The number of benzene rings is 1. The summed E-state index contributed by atoms with van der Waals surface area (Å²) >= 11 is 13.1. The standard InChI is InChI=1S/C20H22Cl2N4O4S/c1-30-7-6-26(19(29)12-2-5-15(21)16(22)8-12)10-18(28)25-20-24-14(11-31-20)9-17(27)23-13-3-4-13/h2,5,8,11,13H,3-4,6-7,9-10H2,1H3,(H,23,27)(H,24,25,28). The van der Waals surface area contributed by atoms with Crippen molar-refractivity contribution < 1.29 is 19.1 Å². The lowest BCUT2D eigenvalue weighted by molar-refractivity contribution is -0.120. The summed E-state index contributed by atoms with van der Waals surface area (Å²) in [5, 5.41) is 8.26. The maximum atomic E-state index is 12.9. The maximum absolute atomic E-state index is 12.9. The fraction of sp³-hybridized carbons (Fsp3) is 0.400. The van der Waals surface area contributed by atoms with Gasteiger partial charge in [-0.25, -0.2) is 4.98 Å². The lowest BCUT2D eigenvalue weighted by atomic mass is 10.2. The average Bonchev–Trinajstić information content (AvgIpc) is 3.44. The van der Waals surface area contributed by atoms with E-state index in [2.05, 4.69) is 15.6 Å². The van der Waals surface area contributed by atoms with Crippen LogP contribution in [0.3, 0.4) is 0 Å². The van der Waals surface area contributed by atoms with Gasteiger partial charge in [-0.1, -0.05) is 23.2 Å². The first kappa shape index (κ1) is 23.5. The van der Waals surface area contributed by atoms with E-state index in [0.29, 0.717) is 21.4 Å². The lowest BCUT2D eigenvalue weighted by Crippen LogP contribution is -2.40. The van der Waals surface area contributed by atoms with Crippen LogP contribution >= 0.6 is 34.5 Å². The second-order valence-corrected chi connectivity index (χ2v) is 8.73. The van der Waals surface area contributed by atoms with Crippen LogP contribution in [0.4, 0.5) is 5.13 Å². The molecule has 8 nitrogen and oxygen atoms in total. The summed E-state index contributed by atoms with van der Waals surface area (Å²) in [4.78, 5) is 42.9. The monoisotopic (exact) mass is 484 g/mol. The third-order valence-electron chi connectivity index (χ3n) is 4.44. The molecule has 1 aromatic carbocycles. The van der Waals surface area contributed by atoms with Gasteiger partial charge in [-0.2, -0.15) is 0 Å². The largest absolute Gasteiger partial charge is 0.383 e. The van der Waals surface area contributed by atoms with Crippen LogP contribution in [-0.4, -0.2) is 60.5 Å². The summed E-state index contributed by atoms with van der Waals surface area (Å²) in [7, 11) is 1.51. The van der Waals surface area contributed by atoms with Gasteiger partial charge >= 0.3 is 0 Å². The zero-order valence-corrected chi connectivity index (χ0v) is 19.1. The number of hydrogen-bond donors (Lipinski definition) is 2. The number of carbonyl (C=O) groups excluding carboxylic acids is 3. The van der Waals surface area contributed by atoms with Gasteiger partial charge in [0.2, 0.25) is 11.8 Å². The van der Waals surface area contributed by atoms with Gasteiger partial charge in [0.05, 0.1) is 28.8 Å². The first-order valence-corrected chi connectivity index (χ1v) is 11.3. The predicted octanol–water partition coefficient (Wildman–Crippen LogP) is 3.00. The van der Waals surface area contributed by atoms with Gasteiger partial charge in [0.25, 0.3) is 5.91 Å². The highest BCUT2D eigenvalue weighted by Crippen LogP contribution is 2.23. The number of nitrogens with one attached hydrogen (secondary N) is 2. The Morgan fingerprint density at radius 2 is 2.00 bits per heavy atom. The molecule has 0 atom stereocenters. The van der Waals surface area contributed by atoms with Gasteiger partial charge in [0, 0.05) is 30.6 Å². The van der Waals surface area contributed by atoms with E-state index >= 15 is 0 Å². The molecule has 3 rings (SSSR count). The van der Waals surface area contributed by atoms with Crippen molar-refractivity contribution in [2.24, 2.45) is 0 Å². The van der Waals surface area contributed by atoms with Crippen molar-refractivity contribution in [2.75, 3.05) is 32.1 Å². The van der Waals surface area contributed by atoms with E-state index in [1.807, 2.05) is 0 Å². The van der Waals surface area contributed by atoms with E-state index in [0.717, 1.165) is 12.8 Å². The van der Waals surface area contributed by atoms with Crippen LogP contribution in [0.25, 0.3) is 0 Å². The summed E-state index contributed by atoms with van der Waals surface area (Å²) in [6, 6.07) is 4.83. The molecule has 1 heterocycles. The number of thiazole rings is 1. The highest BCUT2D eigenvalue weighted by molar-refractivity contribution is 7.13. The first-order chi connectivity index (χ1) is 14.9. The third-order valence-corrected chi connectivity index (χ3v) is 5.98. The Labute approximate surface area is 193 Å². The number of anilines is 1. The molecule has 2 aromatic rings. The minimum Gasteiger partial charge on any atom is -0.383 e. The molecule has 3 amide bonds. The van der Waals surface area contributed by atoms with Gasteiger partial charge in [-0.3, -0.25) is 14.4 Å². The number of hydrogen-bond acceptors (Lipinski definition) is 6. The fourth-order valence-corrected chi connectivity index (χ4v) is 3.74. The van der Waals surface area contributed by atoms with Gasteiger partial charge < -0.3 is 20.3 Å². The second kappa shape index (κ2) is 10.9. The average molecular weight is 485 g/mol. The van der Waals surface area contributed by atoms with Gasteiger partial charge in [0.1, 0.15) is 6.54 Å². The molecule has 166 valence electrons. The molecule has 1 saturated carbocycles. The Morgan fingerprint density at radius 1 is 1.23 bits per heavy atom. The third kappa shape index (κ3) is 7.17. The van der Waals surface area contributed by atoms with Crippen molar-refractivity contribution >= 4 is 57.4 Å². The molecule has 0 radical (unpaired) electrons. The van der Waals surface area contributed by atoms with E-state index in [9.17, 15) is 14.4 Å². The number of rotatable bonds is 10. The summed E-state index contributed by atoms with van der Waals surface area (Å²) in [5.41, 5.74) is 0.901. The number of amides is 3. The molecule has 1 aliphatic rings. The highest BCUT2D eigenvalue weighted by atomic mass is 35.5. The van der Waals surface area contributed by atoms with E-state index in [1.165, 1.54) is 35.5 Å². The molecule has 1 aliphatic carbocycles. The zero-order valence-electron chi connectivity index (χ0n) is 16.8. The van der Waals surface area contributed by atoms with Crippen LogP contribution in [-0.2, 0) is 20.7 Å². The molecule has 1 aromatic heterocycles. The molecule has 0 spiro atoms. The Balaban J connectivity index is 1.59. The predicted molar refractivity (Wildman–Crippen MR) is 120 cm³/mol. The minimum atomic E-state index is -0.409. The quantitative estimate of drug-likeness (QED) is 0.539. The fourth-order valence-electron chi connectivity index (χ4n) is 2.71. The van der Waals surface area contributed by atoms with E-state index in [1.54, 1.807) is 11.4 Å². The molecule has 1 fully saturated rings.